The summed E-state index contributed by atoms with van der Waals surface area (Å²) in [5, 5.41) is 0. The van der Waals surface area contributed by atoms with Crippen molar-refractivity contribution >= 4 is 5.78 Å². The average molecular weight is 257 g/mol. The van der Waals surface area contributed by atoms with Crippen molar-refractivity contribution in [2.24, 2.45) is 5.92 Å². The van der Waals surface area contributed by atoms with Gasteiger partial charge >= 0.3 is 0 Å². The molecule has 0 rings (SSSR count). The van der Waals surface area contributed by atoms with Crippen LogP contribution in [0.1, 0.15) is 20.8 Å². The first-order valence-electron chi connectivity index (χ1n) is 6.86. The molecule has 0 aromatic rings. The summed E-state index contributed by atoms with van der Waals surface area (Å²) in [5.41, 5.74) is 0. The van der Waals surface area contributed by atoms with E-state index in [0.717, 1.165) is 26.2 Å². The van der Waals surface area contributed by atoms with E-state index in [-0.39, 0.29) is 12.0 Å². The lowest BCUT2D eigenvalue weighted by molar-refractivity contribution is -0.127. The second-order valence-electron chi connectivity index (χ2n) is 5.69. The van der Waals surface area contributed by atoms with E-state index in [1.165, 1.54) is 0 Å². The Morgan fingerprint density at radius 2 is 1.50 bits per heavy atom. The summed E-state index contributed by atoms with van der Waals surface area (Å²) in [7, 11) is 8.18. The van der Waals surface area contributed by atoms with Crippen LogP contribution in [0.15, 0.2) is 0 Å². The van der Waals surface area contributed by atoms with E-state index in [4.69, 9.17) is 0 Å². The van der Waals surface area contributed by atoms with Crippen LogP contribution in [0.25, 0.3) is 0 Å². The van der Waals surface area contributed by atoms with Crippen LogP contribution in [-0.2, 0) is 4.79 Å². The van der Waals surface area contributed by atoms with E-state index < -0.39 is 0 Å². The Hall–Kier alpha value is -0.450. The normalized spacial score (nSPS) is 13.9. The van der Waals surface area contributed by atoms with Crippen LogP contribution in [0.5, 0.6) is 0 Å². The lowest BCUT2D eigenvalue weighted by Gasteiger charge is -2.30. The lowest BCUT2D eigenvalue weighted by atomic mass is 10.0. The molecule has 0 heterocycles. The first kappa shape index (κ1) is 17.6. The van der Waals surface area contributed by atoms with Crippen LogP contribution in [-0.4, -0.2) is 80.9 Å². The maximum absolute atomic E-state index is 12.1. The van der Waals surface area contributed by atoms with Gasteiger partial charge in [0.05, 0.1) is 6.04 Å². The fraction of sp³-hybridized carbons (Fsp3) is 0.929. The van der Waals surface area contributed by atoms with Crippen LogP contribution in [0.3, 0.4) is 0 Å². The van der Waals surface area contributed by atoms with Crippen LogP contribution >= 0.6 is 0 Å². The van der Waals surface area contributed by atoms with Crippen molar-refractivity contribution in [2.45, 2.75) is 26.8 Å². The Kier molecular flexibility index (Phi) is 8.40. The summed E-state index contributed by atoms with van der Waals surface area (Å²) in [6.07, 6.45) is 0. The van der Waals surface area contributed by atoms with Gasteiger partial charge in [0.25, 0.3) is 0 Å². The molecule has 0 amide bonds. The van der Waals surface area contributed by atoms with Gasteiger partial charge in [-0.25, -0.2) is 0 Å². The Bertz CT molecular complexity index is 241. The van der Waals surface area contributed by atoms with E-state index >= 15 is 0 Å². The van der Waals surface area contributed by atoms with Gasteiger partial charge in [-0.3, -0.25) is 9.69 Å². The van der Waals surface area contributed by atoms with Gasteiger partial charge in [-0.05, 0) is 34.7 Å². The van der Waals surface area contributed by atoms with Gasteiger partial charge in [-0.2, -0.15) is 0 Å². The molecule has 0 aromatic heterocycles. The molecular weight excluding hydrogens is 226 g/mol. The minimum absolute atomic E-state index is 0.00179. The molecule has 0 saturated heterocycles. The molecule has 0 spiro atoms. The molecule has 18 heavy (non-hydrogen) atoms. The Morgan fingerprint density at radius 1 is 1.00 bits per heavy atom. The summed E-state index contributed by atoms with van der Waals surface area (Å²) >= 11 is 0. The molecule has 0 aliphatic carbocycles. The minimum Gasteiger partial charge on any atom is -0.305 e. The highest BCUT2D eigenvalue weighted by Crippen LogP contribution is 2.06. The second-order valence-corrected chi connectivity index (χ2v) is 5.69. The number of carbonyl (C=O) groups excluding carboxylic acids is 1. The number of nitrogens with zero attached hydrogens (tertiary/aromatic N) is 3. The molecular formula is C14H31N3O. The summed E-state index contributed by atoms with van der Waals surface area (Å²) in [6.45, 7) is 10.0. The maximum atomic E-state index is 12.1. The zero-order valence-corrected chi connectivity index (χ0v) is 13.2. The molecule has 1 atom stereocenters. The molecule has 0 fully saturated rings. The van der Waals surface area contributed by atoms with Crippen molar-refractivity contribution in [3.63, 3.8) is 0 Å². The number of hydrogen-bond acceptors (Lipinski definition) is 4. The SMILES string of the molecule is CCN(C)CCN(C)CC(C(=O)C(C)C)N(C)C. The topological polar surface area (TPSA) is 26.8 Å². The standard InChI is InChI=1S/C14H31N3O/c1-8-16(6)9-10-17(7)11-13(15(4)5)14(18)12(2)3/h12-13H,8-11H2,1-7H3. The fourth-order valence-corrected chi connectivity index (χ4v) is 1.78. The Balaban J connectivity index is 4.29. The zero-order chi connectivity index (χ0) is 14.3. The number of likely N-dealkylation sites (N-methyl/N-ethyl adjacent to an activating group) is 3. The van der Waals surface area contributed by atoms with Gasteiger partial charge in [0.15, 0.2) is 5.78 Å². The smallest absolute Gasteiger partial charge is 0.153 e. The third-order valence-corrected chi connectivity index (χ3v) is 3.41. The van der Waals surface area contributed by atoms with E-state index in [2.05, 4.69) is 30.8 Å². The number of ketones is 1. The molecule has 0 aliphatic heterocycles. The predicted octanol–water partition coefficient (Wildman–Crippen LogP) is 1.03. The number of carbonyl (C=O) groups is 1. The largest absolute Gasteiger partial charge is 0.305 e. The van der Waals surface area contributed by atoms with Gasteiger partial charge in [-0.1, -0.05) is 20.8 Å². The van der Waals surface area contributed by atoms with Gasteiger partial charge in [-0.15, -0.1) is 0 Å². The zero-order valence-electron chi connectivity index (χ0n) is 13.2. The molecule has 0 aromatic carbocycles. The highest BCUT2D eigenvalue weighted by molar-refractivity contribution is 5.85. The molecule has 0 bridgehead atoms. The van der Waals surface area contributed by atoms with Crippen molar-refractivity contribution in [3.8, 4) is 0 Å². The van der Waals surface area contributed by atoms with Gasteiger partial charge in [0, 0.05) is 25.6 Å². The first-order valence-corrected chi connectivity index (χ1v) is 6.86. The fourth-order valence-electron chi connectivity index (χ4n) is 1.78. The predicted molar refractivity (Wildman–Crippen MR) is 78.0 cm³/mol. The van der Waals surface area contributed by atoms with Crippen molar-refractivity contribution in [1.82, 2.24) is 14.7 Å². The van der Waals surface area contributed by atoms with Crippen LogP contribution in [0.4, 0.5) is 0 Å². The molecule has 4 heteroatoms. The van der Waals surface area contributed by atoms with Crippen molar-refractivity contribution in [2.75, 3.05) is 54.4 Å². The molecule has 0 radical (unpaired) electrons. The summed E-state index contributed by atoms with van der Waals surface area (Å²) < 4.78 is 0. The van der Waals surface area contributed by atoms with Crippen molar-refractivity contribution < 1.29 is 4.79 Å². The van der Waals surface area contributed by atoms with Gasteiger partial charge in [0.1, 0.15) is 0 Å². The van der Waals surface area contributed by atoms with E-state index in [9.17, 15) is 4.79 Å². The molecule has 108 valence electrons. The van der Waals surface area contributed by atoms with Crippen LogP contribution in [0.2, 0.25) is 0 Å². The highest BCUT2D eigenvalue weighted by Gasteiger charge is 2.24. The summed E-state index contributed by atoms with van der Waals surface area (Å²) in [4.78, 5) is 18.7. The van der Waals surface area contributed by atoms with Crippen molar-refractivity contribution in [1.29, 1.82) is 0 Å². The molecule has 0 N–H and O–H groups in total. The first-order chi connectivity index (χ1) is 8.29. The monoisotopic (exact) mass is 257 g/mol. The van der Waals surface area contributed by atoms with Gasteiger partial charge in [0.2, 0.25) is 0 Å². The van der Waals surface area contributed by atoms with Crippen LogP contribution < -0.4 is 0 Å². The number of Topliss-reactive ketones (excluding diaryl/α,β-unsaturated/α-hetero) is 1. The van der Waals surface area contributed by atoms with Crippen molar-refractivity contribution in [3.05, 3.63) is 0 Å². The minimum atomic E-state index is 0.00179. The van der Waals surface area contributed by atoms with E-state index in [0.29, 0.717) is 5.78 Å². The number of hydrogen-bond donors (Lipinski definition) is 0. The molecule has 0 saturated carbocycles. The third-order valence-electron chi connectivity index (χ3n) is 3.41. The summed E-state index contributed by atoms with van der Waals surface area (Å²) in [6, 6.07) is 0.00179. The van der Waals surface area contributed by atoms with E-state index in [1.54, 1.807) is 0 Å². The number of rotatable bonds is 9. The Morgan fingerprint density at radius 3 is 1.89 bits per heavy atom. The van der Waals surface area contributed by atoms with Crippen LogP contribution in [0, 0.1) is 5.92 Å². The average Bonchev–Trinajstić information content (AvgIpc) is 2.31. The molecule has 4 nitrogen and oxygen atoms in total. The maximum Gasteiger partial charge on any atom is 0.153 e. The molecule has 0 aliphatic rings. The lowest BCUT2D eigenvalue weighted by Crippen LogP contribution is -2.47. The quantitative estimate of drug-likeness (QED) is 0.616. The van der Waals surface area contributed by atoms with E-state index in [1.807, 2.05) is 32.8 Å². The Labute approximate surface area is 113 Å². The molecule has 1 unspecified atom stereocenters. The third kappa shape index (κ3) is 6.47. The summed E-state index contributed by atoms with van der Waals surface area (Å²) in [5.74, 6) is 0.430. The second kappa shape index (κ2) is 8.62. The highest BCUT2D eigenvalue weighted by atomic mass is 16.1. The van der Waals surface area contributed by atoms with Gasteiger partial charge < -0.3 is 9.80 Å².